The third-order valence-corrected chi connectivity index (χ3v) is 2.87. The highest BCUT2D eigenvalue weighted by Crippen LogP contribution is 2.25. The van der Waals surface area contributed by atoms with Crippen molar-refractivity contribution in [1.82, 2.24) is 0 Å². The van der Waals surface area contributed by atoms with Crippen molar-refractivity contribution in [3.63, 3.8) is 0 Å². The molecular formula is C15H17N. The summed E-state index contributed by atoms with van der Waals surface area (Å²) in [7, 11) is 0. The first kappa shape index (κ1) is 10.9. The van der Waals surface area contributed by atoms with Crippen molar-refractivity contribution in [2.45, 2.75) is 19.9 Å². The quantitative estimate of drug-likeness (QED) is 0.805. The highest BCUT2D eigenvalue weighted by molar-refractivity contribution is 5.67. The molecule has 2 N–H and O–H groups in total. The second-order valence-electron chi connectivity index (χ2n) is 4.23. The van der Waals surface area contributed by atoms with Gasteiger partial charge in [-0.1, -0.05) is 42.5 Å². The van der Waals surface area contributed by atoms with Crippen LogP contribution >= 0.6 is 0 Å². The smallest absolute Gasteiger partial charge is 0.0266 e. The van der Waals surface area contributed by atoms with E-state index in [0.717, 1.165) is 0 Å². The molecule has 0 amide bonds. The van der Waals surface area contributed by atoms with E-state index in [1.54, 1.807) is 0 Å². The van der Waals surface area contributed by atoms with Crippen LogP contribution in [-0.4, -0.2) is 0 Å². The molecular weight excluding hydrogens is 194 g/mol. The van der Waals surface area contributed by atoms with Gasteiger partial charge in [0.25, 0.3) is 0 Å². The summed E-state index contributed by atoms with van der Waals surface area (Å²) in [6.45, 7) is 4.14. The van der Waals surface area contributed by atoms with Crippen LogP contribution in [0, 0.1) is 6.92 Å². The summed E-state index contributed by atoms with van der Waals surface area (Å²) < 4.78 is 0. The largest absolute Gasteiger partial charge is 0.324 e. The summed E-state index contributed by atoms with van der Waals surface area (Å²) in [6, 6.07) is 17.0. The Hall–Kier alpha value is -1.60. The Morgan fingerprint density at radius 1 is 1.00 bits per heavy atom. The Bertz CT molecular complexity index is 486. The van der Waals surface area contributed by atoms with Crippen LogP contribution in [-0.2, 0) is 0 Å². The molecule has 2 aromatic carbocycles. The van der Waals surface area contributed by atoms with Crippen LogP contribution in [0.15, 0.2) is 48.5 Å². The van der Waals surface area contributed by atoms with Crippen molar-refractivity contribution in [1.29, 1.82) is 0 Å². The van der Waals surface area contributed by atoms with Crippen LogP contribution in [0.1, 0.15) is 24.1 Å². The average Bonchev–Trinajstić information content (AvgIpc) is 2.30. The predicted molar refractivity (Wildman–Crippen MR) is 69.2 cm³/mol. The van der Waals surface area contributed by atoms with Gasteiger partial charge in [-0.25, -0.2) is 0 Å². The van der Waals surface area contributed by atoms with Gasteiger partial charge in [0.05, 0.1) is 0 Å². The number of aryl methyl sites for hydroxylation is 1. The fraction of sp³-hybridized carbons (Fsp3) is 0.200. The Kier molecular flexibility index (Phi) is 3.07. The van der Waals surface area contributed by atoms with E-state index in [9.17, 15) is 0 Å². The minimum atomic E-state index is 0.0870. The van der Waals surface area contributed by atoms with Crippen LogP contribution < -0.4 is 5.73 Å². The molecule has 0 aliphatic rings. The van der Waals surface area contributed by atoms with Gasteiger partial charge < -0.3 is 5.73 Å². The van der Waals surface area contributed by atoms with Crippen LogP contribution in [0.5, 0.6) is 0 Å². The molecule has 1 heteroatoms. The first-order valence-corrected chi connectivity index (χ1v) is 5.60. The summed E-state index contributed by atoms with van der Waals surface area (Å²) in [5, 5.41) is 0. The molecule has 0 radical (unpaired) electrons. The van der Waals surface area contributed by atoms with E-state index in [2.05, 4.69) is 55.5 Å². The van der Waals surface area contributed by atoms with Gasteiger partial charge >= 0.3 is 0 Å². The number of hydrogen-bond acceptors (Lipinski definition) is 1. The average molecular weight is 211 g/mol. The van der Waals surface area contributed by atoms with E-state index in [1.165, 1.54) is 22.3 Å². The molecule has 0 saturated heterocycles. The molecule has 0 aliphatic heterocycles. The van der Waals surface area contributed by atoms with E-state index in [-0.39, 0.29) is 6.04 Å². The maximum Gasteiger partial charge on any atom is 0.0266 e. The molecule has 0 bridgehead atoms. The monoisotopic (exact) mass is 211 g/mol. The topological polar surface area (TPSA) is 26.0 Å². The van der Waals surface area contributed by atoms with Crippen molar-refractivity contribution in [3.8, 4) is 11.1 Å². The molecule has 0 heterocycles. The maximum absolute atomic E-state index is 5.90. The van der Waals surface area contributed by atoms with E-state index < -0.39 is 0 Å². The van der Waals surface area contributed by atoms with Crippen LogP contribution in [0.3, 0.4) is 0 Å². The van der Waals surface area contributed by atoms with Crippen molar-refractivity contribution in [3.05, 3.63) is 59.7 Å². The second-order valence-corrected chi connectivity index (χ2v) is 4.23. The highest BCUT2D eigenvalue weighted by Gasteiger charge is 2.03. The van der Waals surface area contributed by atoms with Gasteiger partial charge in [-0.2, -0.15) is 0 Å². The zero-order valence-corrected chi connectivity index (χ0v) is 9.77. The van der Waals surface area contributed by atoms with Gasteiger partial charge in [0.1, 0.15) is 0 Å². The van der Waals surface area contributed by atoms with Crippen molar-refractivity contribution >= 4 is 0 Å². The minimum absolute atomic E-state index is 0.0870. The normalized spacial score (nSPS) is 12.4. The Balaban J connectivity index is 2.49. The van der Waals surface area contributed by atoms with E-state index in [1.807, 2.05) is 6.92 Å². The lowest BCUT2D eigenvalue weighted by Crippen LogP contribution is -2.04. The fourth-order valence-electron chi connectivity index (χ4n) is 1.89. The van der Waals surface area contributed by atoms with Crippen LogP contribution in [0.25, 0.3) is 11.1 Å². The van der Waals surface area contributed by atoms with Gasteiger partial charge in [-0.3, -0.25) is 0 Å². The van der Waals surface area contributed by atoms with Crippen molar-refractivity contribution in [2.75, 3.05) is 0 Å². The number of benzene rings is 2. The van der Waals surface area contributed by atoms with Crippen molar-refractivity contribution < 1.29 is 0 Å². The summed E-state index contributed by atoms with van der Waals surface area (Å²) >= 11 is 0. The van der Waals surface area contributed by atoms with Gasteiger partial charge in [0.2, 0.25) is 0 Å². The van der Waals surface area contributed by atoms with E-state index in [0.29, 0.717) is 0 Å². The summed E-state index contributed by atoms with van der Waals surface area (Å²) in [5.41, 5.74) is 10.9. The molecule has 2 aromatic rings. The lowest BCUT2D eigenvalue weighted by Gasteiger charge is -2.10. The van der Waals surface area contributed by atoms with E-state index >= 15 is 0 Å². The molecule has 0 saturated carbocycles. The Morgan fingerprint density at radius 3 is 2.44 bits per heavy atom. The Labute approximate surface area is 96.9 Å². The highest BCUT2D eigenvalue weighted by atomic mass is 14.6. The molecule has 0 aliphatic carbocycles. The molecule has 2 rings (SSSR count). The minimum Gasteiger partial charge on any atom is -0.324 e. The number of nitrogens with two attached hydrogens (primary N) is 1. The lowest BCUT2D eigenvalue weighted by atomic mass is 9.97. The third-order valence-electron chi connectivity index (χ3n) is 2.87. The van der Waals surface area contributed by atoms with Gasteiger partial charge in [0, 0.05) is 6.04 Å². The predicted octanol–water partition coefficient (Wildman–Crippen LogP) is 3.68. The van der Waals surface area contributed by atoms with Gasteiger partial charge in [-0.05, 0) is 42.2 Å². The summed E-state index contributed by atoms with van der Waals surface area (Å²) in [5.74, 6) is 0. The summed E-state index contributed by atoms with van der Waals surface area (Å²) in [6.07, 6.45) is 0. The zero-order chi connectivity index (χ0) is 11.5. The zero-order valence-electron chi connectivity index (χ0n) is 9.77. The molecule has 0 fully saturated rings. The fourth-order valence-corrected chi connectivity index (χ4v) is 1.89. The van der Waals surface area contributed by atoms with E-state index in [4.69, 9.17) is 5.73 Å². The standard InChI is InChI=1S/C15H17N/c1-11-6-3-4-9-15(11)14-8-5-7-13(10-14)12(2)16/h3-10,12H,16H2,1-2H3/t12-/m1/s1. The molecule has 0 unspecified atom stereocenters. The third kappa shape index (κ3) is 2.15. The summed E-state index contributed by atoms with van der Waals surface area (Å²) in [4.78, 5) is 0. The lowest BCUT2D eigenvalue weighted by molar-refractivity contribution is 0.818. The van der Waals surface area contributed by atoms with Crippen molar-refractivity contribution in [2.24, 2.45) is 5.73 Å². The SMILES string of the molecule is Cc1ccccc1-c1cccc([C@@H](C)N)c1. The van der Waals surface area contributed by atoms with Gasteiger partial charge in [-0.15, -0.1) is 0 Å². The molecule has 1 nitrogen and oxygen atoms in total. The maximum atomic E-state index is 5.90. The Morgan fingerprint density at radius 2 is 1.75 bits per heavy atom. The van der Waals surface area contributed by atoms with Gasteiger partial charge in [0.15, 0.2) is 0 Å². The number of rotatable bonds is 2. The second kappa shape index (κ2) is 4.50. The number of hydrogen-bond donors (Lipinski definition) is 1. The van der Waals surface area contributed by atoms with Crippen LogP contribution in [0.2, 0.25) is 0 Å². The first-order valence-electron chi connectivity index (χ1n) is 5.60. The van der Waals surface area contributed by atoms with Crippen LogP contribution in [0.4, 0.5) is 0 Å². The molecule has 0 spiro atoms. The molecule has 16 heavy (non-hydrogen) atoms. The first-order chi connectivity index (χ1) is 7.68. The molecule has 0 aromatic heterocycles. The molecule has 1 atom stereocenters. The molecule has 82 valence electrons.